The first-order valence-electron chi connectivity index (χ1n) is 10.3. The van der Waals surface area contributed by atoms with Crippen molar-refractivity contribution in [3.05, 3.63) is 51.6 Å². The maximum absolute atomic E-state index is 12.4. The number of carbonyl (C=O) groups is 1. The molecule has 3 aromatic rings. The molecule has 5 atom stereocenters. The molecule has 0 spiro atoms. The van der Waals surface area contributed by atoms with Crippen LogP contribution in [-0.4, -0.2) is 54.9 Å². The molecule has 2 fully saturated rings. The maximum Gasteiger partial charge on any atom is 0.229 e. The number of halogens is 1. The number of nitrogens with zero attached hydrogens (tertiary/aromatic N) is 7. The van der Waals surface area contributed by atoms with Crippen LogP contribution in [0.1, 0.15) is 18.0 Å². The van der Waals surface area contributed by atoms with E-state index >= 15 is 0 Å². The number of nitrogens with one attached hydrogen (secondary N) is 2. The predicted molar refractivity (Wildman–Crippen MR) is 119 cm³/mol. The summed E-state index contributed by atoms with van der Waals surface area (Å²) in [6.45, 7) is 0.377. The van der Waals surface area contributed by atoms with Gasteiger partial charge < -0.3 is 25.4 Å². The summed E-state index contributed by atoms with van der Waals surface area (Å²) in [5.74, 6) is -0.385. The second-order valence-electron chi connectivity index (χ2n) is 8.23. The van der Waals surface area contributed by atoms with Crippen molar-refractivity contribution in [1.29, 1.82) is 0 Å². The number of aromatic nitrogens is 4. The molecule has 5 rings (SSSR count). The Morgan fingerprint density at radius 3 is 2.97 bits per heavy atom. The summed E-state index contributed by atoms with van der Waals surface area (Å²) >= 11 is 6.05. The molecule has 2 unspecified atom stereocenters. The number of hydrogen-bond acceptors (Lipinski definition) is 8. The van der Waals surface area contributed by atoms with Gasteiger partial charge in [0.1, 0.15) is 11.6 Å². The zero-order valence-electron chi connectivity index (χ0n) is 17.4. The fourth-order valence-electron chi connectivity index (χ4n) is 4.95. The van der Waals surface area contributed by atoms with E-state index < -0.39 is 23.7 Å². The second kappa shape index (κ2) is 7.85. The van der Waals surface area contributed by atoms with Gasteiger partial charge >= 0.3 is 0 Å². The van der Waals surface area contributed by atoms with Crippen molar-refractivity contribution in [1.82, 2.24) is 24.8 Å². The van der Waals surface area contributed by atoms with Crippen molar-refractivity contribution < 1.29 is 15.0 Å². The normalized spacial score (nSPS) is 27.6. The SMILES string of the molecule is CNC(=O)[C@]12CC1[C@@H](n1cnc3c(NCc4cccc(Cl)c4)nc(N=[N+]=[N-])nc31)[C@H](O)C2O. The van der Waals surface area contributed by atoms with Gasteiger partial charge in [-0.2, -0.15) is 0 Å². The lowest BCUT2D eigenvalue weighted by Crippen LogP contribution is -2.41. The molecule has 2 heterocycles. The van der Waals surface area contributed by atoms with Crippen LogP contribution in [0.4, 0.5) is 11.8 Å². The Morgan fingerprint density at radius 1 is 1.42 bits per heavy atom. The molecule has 13 heteroatoms. The lowest BCUT2D eigenvalue weighted by atomic mass is 9.98. The maximum atomic E-state index is 12.4. The Kier molecular flexibility index (Phi) is 5.09. The molecule has 0 saturated heterocycles. The standard InChI is InChI=1S/C20H20ClN9O3/c1-23-18(33)20-6-11(20)13(14(31)15(20)32)30-8-25-12-16(26-19(28-29-22)27-17(12)30)24-7-9-3-2-4-10(21)5-9/h2-5,8,11,13-15,31-32H,6-7H2,1H3,(H,23,33)(H,24,26,27)/t11?,13-,14+,15?,20-/m1/s1. The number of carbonyl (C=O) groups excluding carboxylic acids is 1. The Bertz CT molecular complexity index is 1310. The van der Waals surface area contributed by atoms with Crippen molar-refractivity contribution in [2.75, 3.05) is 12.4 Å². The van der Waals surface area contributed by atoms with Gasteiger partial charge in [0, 0.05) is 29.4 Å². The van der Waals surface area contributed by atoms with Crippen LogP contribution >= 0.6 is 11.6 Å². The number of aliphatic hydroxyl groups is 2. The highest BCUT2D eigenvalue weighted by molar-refractivity contribution is 6.30. The second-order valence-corrected chi connectivity index (χ2v) is 8.66. The van der Waals surface area contributed by atoms with Crippen LogP contribution in [0.5, 0.6) is 0 Å². The number of anilines is 1. The molecule has 170 valence electrons. The van der Waals surface area contributed by atoms with E-state index in [0.717, 1.165) is 5.56 Å². The number of aliphatic hydroxyl groups excluding tert-OH is 2. The van der Waals surface area contributed by atoms with E-state index in [-0.39, 0.29) is 17.8 Å². The molecule has 2 aliphatic carbocycles. The molecular formula is C20H20ClN9O3. The molecule has 4 N–H and O–H groups in total. The molecule has 0 radical (unpaired) electrons. The Balaban J connectivity index is 1.54. The largest absolute Gasteiger partial charge is 0.389 e. The number of imidazole rings is 1. The van der Waals surface area contributed by atoms with Crippen LogP contribution < -0.4 is 10.6 Å². The summed E-state index contributed by atoms with van der Waals surface area (Å²) in [4.78, 5) is 28.2. The average molecular weight is 470 g/mol. The van der Waals surface area contributed by atoms with Crippen molar-refractivity contribution in [2.24, 2.45) is 16.4 Å². The Labute approximate surface area is 192 Å². The lowest BCUT2D eigenvalue weighted by Gasteiger charge is -2.23. The number of hydrogen-bond donors (Lipinski definition) is 4. The van der Waals surface area contributed by atoms with Gasteiger partial charge in [-0.3, -0.25) is 4.79 Å². The van der Waals surface area contributed by atoms with Crippen molar-refractivity contribution in [3.63, 3.8) is 0 Å². The van der Waals surface area contributed by atoms with Crippen molar-refractivity contribution in [3.8, 4) is 0 Å². The summed E-state index contributed by atoms with van der Waals surface area (Å²) < 4.78 is 1.62. The fourth-order valence-corrected chi connectivity index (χ4v) is 5.16. The van der Waals surface area contributed by atoms with Gasteiger partial charge in [0.05, 0.1) is 23.9 Å². The van der Waals surface area contributed by atoms with Gasteiger partial charge in [-0.15, -0.1) is 0 Å². The number of fused-ring (bicyclic) bond motifs is 2. The Morgan fingerprint density at radius 2 is 2.24 bits per heavy atom. The average Bonchev–Trinajstić information content (AvgIpc) is 3.34. The number of azide groups is 1. The van der Waals surface area contributed by atoms with Crippen molar-refractivity contribution >= 4 is 40.4 Å². The number of benzene rings is 1. The minimum atomic E-state index is -1.22. The monoisotopic (exact) mass is 469 g/mol. The van der Waals surface area contributed by atoms with Crippen molar-refractivity contribution in [2.45, 2.75) is 31.2 Å². The summed E-state index contributed by atoms with van der Waals surface area (Å²) in [5.41, 5.74) is 9.48. The van der Waals surface area contributed by atoms with E-state index in [1.165, 1.54) is 13.4 Å². The lowest BCUT2D eigenvalue weighted by molar-refractivity contribution is -0.132. The van der Waals surface area contributed by atoms with E-state index in [2.05, 4.69) is 35.6 Å². The summed E-state index contributed by atoms with van der Waals surface area (Å²) in [5, 5.41) is 31.3. The molecule has 2 saturated carbocycles. The molecule has 2 aliphatic rings. The third-order valence-corrected chi connectivity index (χ3v) is 6.77. The molecule has 0 bridgehead atoms. The zero-order valence-corrected chi connectivity index (χ0v) is 18.2. The van der Waals surface area contributed by atoms with Crippen LogP contribution in [0, 0.1) is 11.3 Å². The Hall–Kier alpha value is -3.44. The van der Waals surface area contributed by atoms with Crippen LogP contribution in [0.25, 0.3) is 21.6 Å². The first-order valence-corrected chi connectivity index (χ1v) is 10.6. The van der Waals surface area contributed by atoms with Gasteiger partial charge in [-0.25, -0.2) is 15.0 Å². The highest BCUT2D eigenvalue weighted by Crippen LogP contribution is 2.67. The van der Waals surface area contributed by atoms with Gasteiger partial charge in [0.25, 0.3) is 0 Å². The topological polar surface area (TPSA) is 174 Å². The molecule has 2 aromatic heterocycles. The number of rotatable bonds is 6. The summed E-state index contributed by atoms with van der Waals surface area (Å²) in [6, 6.07) is 6.67. The van der Waals surface area contributed by atoms with Gasteiger partial charge in [-0.05, 0) is 34.8 Å². The molecule has 1 amide bonds. The van der Waals surface area contributed by atoms with E-state index in [9.17, 15) is 15.0 Å². The highest BCUT2D eigenvalue weighted by atomic mass is 35.5. The molecule has 12 nitrogen and oxygen atoms in total. The van der Waals surface area contributed by atoms with Crippen LogP contribution in [0.3, 0.4) is 0 Å². The van der Waals surface area contributed by atoms with Gasteiger partial charge in [0.15, 0.2) is 11.5 Å². The first kappa shape index (κ1) is 21.4. The van der Waals surface area contributed by atoms with E-state index in [1.807, 2.05) is 18.2 Å². The fraction of sp³-hybridized carbons (Fsp3) is 0.400. The van der Waals surface area contributed by atoms with Gasteiger partial charge in [-0.1, -0.05) is 23.7 Å². The van der Waals surface area contributed by atoms with E-state index in [0.29, 0.717) is 35.0 Å². The molecule has 33 heavy (non-hydrogen) atoms. The smallest absolute Gasteiger partial charge is 0.229 e. The zero-order chi connectivity index (χ0) is 23.3. The van der Waals surface area contributed by atoms with E-state index in [1.54, 1.807) is 10.6 Å². The summed E-state index contributed by atoms with van der Waals surface area (Å²) in [7, 11) is 1.50. The predicted octanol–water partition coefficient (Wildman–Crippen LogP) is 2.06. The van der Waals surface area contributed by atoms with Gasteiger partial charge in [0.2, 0.25) is 11.9 Å². The molecule has 0 aliphatic heterocycles. The first-order chi connectivity index (χ1) is 15.9. The third-order valence-electron chi connectivity index (χ3n) is 6.54. The van der Waals surface area contributed by atoms with Crippen LogP contribution in [0.2, 0.25) is 5.02 Å². The highest BCUT2D eigenvalue weighted by Gasteiger charge is 2.75. The number of amides is 1. The van der Waals surface area contributed by atoms with Crippen LogP contribution in [0.15, 0.2) is 35.7 Å². The quantitative estimate of drug-likeness (QED) is 0.242. The molecular weight excluding hydrogens is 450 g/mol. The van der Waals surface area contributed by atoms with Crippen LogP contribution in [-0.2, 0) is 11.3 Å². The third kappa shape index (κ3) is 3.26. The minimum Gasteiger partial charge on any atom is -0.389 e. The summed E-state index contributed by atoms with van der Waals surface area (Å²) in [6.07, 6.45) is -0.491. The molecule has 1 aromatic carbocycles. The van der Waals surface area contributed by atoms with E-state index in [4.69, 9.17) is 17.1 Å². The minimum absolute atomic E-state index is 0.123.